The molecule has 1 heterocycles. The van der Waals surface area contributed by atoms with Gasteiger partial charge in [0.15, 0.2) is 5.78 Å². The first kappa shape index (κ1) is 11.6. The summed E-state index contributed by atoms with van der Waals surface area (Å²) in [6.07, 6.45) is 12.9. The molecule has 2 aromatic rings. The summed E-state index contributed by atoms with van der Waals surface area (Å²) in [5.74, 6) is -0.00440. The average molecular weight is 247 g/mol. The summed E-state index contributed by atoms with van der Waals surface area (Å²) in [7, 11) is 0. The summed E-state index contributed by atoms with van der Waals surface area (Å²) in [5, 5.41) is 1.06. The van der Waals surface area contributed by atoms with Gasteiger partial charge >= 0.3 is 0 Å². The molecule has 1 aromatic carbocycles. The van der Waals surface area contributed by atoms with Crippen molar-refractivity contribution in [3.8, 4) is 0 Å². The van der Waals surface area contributed by atoms with Crippen molar-refractivity contribution in [1.82, 2.24) is 4.98 Å². The number of rotatable bonds is 3. The Hall–Kier alpha value is -2.48. The Kier molecular flexibility index (Phi) is 3.07. The first-order chi connectivity index (χ1) is 9.34. The number of hydrogen-bond acceptors (Lipinski definition) is 2. The molecular weight excluding hydrogens is 234 g/mol. The molecule has 92 valence electrons. The van der Waals surface area contributed by atoms with Crippen LogP contribution >= 0.6 is 0 Å². The predicted octanol–water partition coefficient (Wildman–Crippen LogP) is 3.56. The fraction of sp³-hybridized carbons (Fsp3) is 0.0588. The molecule has 3 rings (SSSR count). The van der Waals surface area contributed by atoms with Gasteiger partial charge in [-0.3, -0.25) is 9.78 Å². The van der Waals surface area contributed by atoms with Crippen LogP contribution in [0.3, 0.4) is 0 Å². The van der Waals surface area contributed by atoms with Gasteiger partial charge in [-0.25, -0.2) is 0 Å². The zero-order chi connectivity index (χ0) is 13.1. The lowest BCUT2D eigenvalue weighted by molar-refractivity contribution is -0.115. The number of pyridine rings is 1. The molecule has 0 saturated heterocycles. The van der Waals surface area contributed by atoms with Crippen molar-refractivity contribution < 1.29 is 4.79 Å². The topological polar surface area (TPSA) is 30.0 Å². The van der Waals surface area contributed by atoms with Crippen LogP contribution in [0.15, 0.2) is 66.9 Å². The van der Waals surface area contributed by atoms with Crippen molar-refractivity contribution in [3.63, 3.8) is 0 Å². The molecular formula is C17H13NO. The predicted molar refractivity (Wildman–Crippen MR) is 77.6 cm³/mol. The molecule has 0 amide bonds. The number of nitrogens with zero attached hydrogens (tertiary/aromatic N) is 1. The van der Waals surface area contributed by atoms with E-state index in [9.17, 15) is 4.79 Å². The van der Waals surface area contributed by atoms with Crippen LogP contribution in [0.1, 0.15) is 5.56 Å². The van der Waals surface area contributed by atoms with Gasteiger partial charge in [0.2, 0.25) is 0 Å². The summed E-state index contributed by atoms with van der Waals surface area (Å²) in [4.78, 5) is 16.3. The largest absolute Gasteiger partial charge is 0.294 e. The lowest BCUT2D eigenvalue weighted by atomic mass is 10.0. The van der Waals surface area contributed by atoms with Crippen LogP contribution in [-0.4, -0.2) is 10.8 Å². The minimum Gasteiger partial charge on any atom is -0.294 e. The fourth-order valence-corrected chi connectivity index (χ4v) is 2.17. The van der Waals surface area contributed by atoms with E-state index in [2.05, 4.69) is 4.98 Å². The maximum absolute atomic E-state index is 11.9. The Labute approximate surface area is 111 Å². The molecule has 0 atom stereocenters. The molecule has 0 spiro atoms. The lowest BCUT2D eigenvalue weighted by Crippen LogP contribution is -2.03. The van der Waals surface area contributed by atoms with Crippen molar-refractivity contribution in [1.29, 1.82) is 0 Å². The second kappa shape index (κ2) is 5.02. The Bertz CT molecular complexity index is 693. The Morgan fingerprint density at radius 3 is 2.74 bits per heavy atom. The smallest absolute Gasteiger partial charge is 0.166 e. The standard InChI is InChI=1S/C17H13NO/c19-17(14-5-1-2-6-14)10-9-13-11-12-18-16-8-4-3-7-15(13)16/h1-12,14H/b10-9+. The molecule has 0 radical (unpaired) electrons. The van der Waals surface area contributed by atoms with Gasteiger partial charge in [0, 0.05) is 11.6 Å². The summed E-state index contributed by atoms with van der Waals surface area (Å²) < 4.78 is 0. The van der Waals surface area contributed by atoms with Gasteiger partial charge in [0.05, 0.1) is 11.4 Å². The van der Waals surface area contributed by atoms with E-state index in [0.29, 0.717) is 0 Å². The molecule has 1 aromatic heterocycles. The summed E-state index contributed by atoms with van der Waals surface area (Å²) >= 11 is 0. The Balaban J connectivity index is 1.91. The molecule has 0 aliphatic heterocycles. The molecule has 0 fully saturated rings. The van der Waals surface area contributed by atoms with Crippen molar-refractivity contribution >= 4 is 22.8 Å². The van der Waals surface area contributed by atoms with Crippen LogP contribution in [0.2, 0.25) is 0 Å². The van der Waals surface area contributed by atoms with Gasteiger partial charge in [0.1, 0.15) is 0 Å². The first-order valence-corrected chi connectivity index (χ1v) is 6.25. The lowest BCUT2D eigenvalue weighted by Gasteiger charge is -2.02. The van der Waals surface area contributed by atoms with E-state index >= 15 is 0 Å². The molecule has 0 unspecified atom stereocenters. The van der Waals surface area contributed by atoms with Crippen LogP contribution in [0.5, 0.6) is 0 Å². The highest BCUT2D eigenvalue weighted by molar-refractivity contribution is 6.00. The van der Waals surface area contributed by atoms with Crippen LogP contribution in [-0.2, 0) is 4.79 Å². The average Bonchev–Trinajstić information content (AvgIpc) is 2.99. The summed E-state index contributed by atoms with van der Waals surface area (Å²) in [5.41, 5.74) is 1.96. The molecule has 1 aliphatic rings. The van der Waals surface area contributed by atoms with Gasteiger partial charge in [-0.1, -0.05) is 48.6 Å². The van der Waals surface area contributed by atoms with E-state index in [-0.39, 0.29) is 11.7 Å². The molecule has 0 saturated carbocycles. The maximum Gasteiger partial charge on any atom is 0.166 e. The zero-order valence-corrected chi connectivity index (χ0v) is 10.4. The van der Waals surface area contributed by atoms with E-state index in [1.165, 1.54) is 0 Å². The minimum atomic E-state index is -0.107. The second-order valence-corrected chi connectivity index (χ2v) is 4.45. The Morgan fingerprint density at radius 1 is 1.11 bits per heavy atom. The van der Waals surface area contributed by atoms with E-state index in [1.807, 2.05) is 60.7 Å². The van der Waals surface area contributed by atoms with Gasteiger partial charge in [-0.05, 0) is 23.8 Å². The first-order valence-electron chi connectivity index (χ1n) is 6.25. The third-order valence-electron chi connectivity index (χ3n) is 3.19. The molecule has 1 aliphatic carbocycles. The molecule has 0 bridgehead atoms. The van der Waals surface area contributed by atoms with Gasteiger partial charge < -0.3 is 0 Å². The van der Waals surface area contributed by atoms with Crippen molar-refractivity contribution in [3.05, 3.63) is 72.5 Å². The number of allylic oxidation sites excluding steroid dienone is 5. The highest BCUT2D eigenvalue weighted by atomic mass is 16.1. The van der Waals surface area contributed by atoms with Gasteiger partial charge in [-0.2, -0.15) is 0 Å². The van der Waals surface area contributed by atoms with Crippen molar-refractivity contribution in [2.45, 2.75) is 0 Å². The van der Waals surface area contributed by atoms with E-state index in [4.69, 9.17) is 0 Å². The van der Waals surface area contributed by atoms with Gasteiger partial charge in [-0.15, -0.1) is 0 Å². The number of para-hydroxylation sites is 1. The molecule has 2 nitrogen and oxygen atoms in total. The van der Waals surface area contributed by atoms with Crippen molar-refractivity contribution in [2.75, 3.05) is 0 Å². The number of aromatic nitrogens is 1. The number of carbonyl (C=O) groups excluding carboxylic acids is 1. The third kappa shape index (κ3) is 2.38. The number of ketones is 1. The van der Waals surface area contributed by atoms with E-state index in [1.54, 1.807) is 12.3 Å². The minimum absolute atomic E-state index is 0.103. The van der Waals surface area contributed by atoms with E-state index in [0.717, 1.165) is 16.5 Å². The van der Waals surface area contributed by atoms with Crippen LogP contribution in [0.4, 0.5) is 0 Å². The number of benzene rings is 1. The summed E-state index contributed by atoms with van der Waals surface area (Å²) in [6.45, 7) is 0. The highest BCUT2D eigenvalue weighted by Crippen LogP contribution is 2.18. The third-order valence-corrected chi connectivity index (χ3v) is 3.19. The second-order valence-electron chi connectivity index (χ2n) is 4.45. The Morgan fingerprint density at radius 2 is 1.89 bits per heavy atom. The normalized spacial score (nSPS) is 14.7. The summed E-state index contributed by atoms with van der Waals surface area (Å²) in [6, 6.07) is 9.85. The monoisotopic (exact) mass is 247 g/mol. The van der Waals surface area contributed by atoms with Crippen molar-refractivity contribution in [2.24, 2.45) is 5.92 Å². The van der Waals surface area contributed by atoms with E-state index < -0.39 is 0 Å². The SMILES string of the molecule is O=C(/C=C/c1ccnc2ccccc12)C1C=CC=C1. The number of fused-ring (bicyclic) bond motifs is 1. The number of hydrogen-bond donors (Lipinski definition) is 0. The van der Waals surface area contributed by atoms with Crippen LogP contribution in [0.25, 0.3) is 17.0 Å². The number of carbonyl (C=O) groups is 1. The highest BCUT2D eigenvalue weighted by Gasteiger charge is 2.10. The van der Waals surface area contributed by atoms with Crippen LogP contribution in [0, 0.1) is 5.92 Å². The molecule has 19 heavy (non-hydrogen) atoms. The quantitative estimate of drug-likeness (QED) is 0.776. The maximum atomic E-state index is 11.9. The molecule has 2 heteroatoms. The van der Waals surface area contributed by atoms with Gasteiger partial charge in [0.25, 0.3) is 0 Å². The van der Waals surface area contributed by atoms with Crippen LogP contribution < -0.4 is 0 Å². The zero-order valence-electron chi connectivity index (χ0n) is 10.4. The fourth-order valence-electron chi connectivity index (χ4n) is 2.17. The molecule has 0 N–H and O–H groups in total.